The maximum Gasteiger partial charge on any atom is 0.167 e. The van der Waals surface area contributed by atoms with Gasteiger partial charge in [0.15, 0.2) is 5.11 Å². The van der Waals surface area contributed by atoms with E-state index in [0.717, 1.165) is 6.42 Å². The Hall–Kier alpha value is -1.87. The molecule has 0 bridgehead atoms. The minimum Gasteiger partial charge on any atom is -0.356 e. The molecule has 2 rings (SSSR count). The number of thiocarbonyl (C=S) groups is 1. The van der Waals surface area contributed by atoms with Crippen LogP contribution in [0.1, 0.15) is 75.2 Å². The molecule has 0 amide bonds. The van der Waals surface area contributed by atoms with Crippen LogP contribution in [0.15, 0.2) is 54.6 Å². The smallest absolute Gasteiger partial charge is 0.167 e. The Balaban J connectivity index is 1.97. The van der Waals surface area contributed by atoms with Crippen LogP contribution in [-0.4, -0.2) is 5.11 Å². The zero-order chi connectivity index (χ0) is 18.2. The molecule has 0 aromatic heterocycles. The molecule has 0 aliphatic carbocycles. The van der Waals surface area contributed by atoms with Crippen molar-refractivity contribution in [2.75, 3.05) is 0 Å². The molecule has 134 valence electrons. The van der Waals surface area contributed by atoms with E-state index in [-0.39, 0.29) is 12.1 Å². The number of nitrogens with one attached hydrogen (secondary N) is 2. The first-order chi connectivity index (χ1) is 12.0. The first-order valence-corrected chi connectivity index (χ1v) is 9.67. The molecule has 0 radical (unpaired) electrons. The third-order valence-corrected chi connectivity index (χ3v) is 5.12. The Morgan fingerprint density at radius 2 is 1.40 bits per heavy atom. The number of hydrogen-bond donors (Lipinski definition) is 2. The monoisotopic (exact) mass is 354 g/mol. The molecule has 0 fully saturated rings. The molecule has 0 saturated heterocycles. The van der Waals surface area contributed by atoms with Crippen molar-refractivity contribution in [2.24, 2.45) is 0 Å². The van der Waals surface area contributed by atoms with E-state index < -0.39 is 0 Å². The van der Waals surface area contributed by atoms with Gasteiger partial charge in [0, 0.05) is 0 Å². The lowest BCUT2D eigenvalue weighted by Gasteiger charge is -2.23. The molecule has 0 aliphatic heterocycles. The predicted octanol–water partition coefficient (Wildman–Crippen LogP) is 5.88. The zero-order valence-electron chi connectivity index (χ0n) is 15.8. The average molecular weight is 355 g/mol. The summed E-state index contributed by atoms with van der Waals surface area (Å²) in [4.78, 5) is 0. The lowest BCUT2D eigenvalue weighted by Crippen LogP contribution is -2.38. The highest BCUT2D eigenvalue weighted by Crippen LogP contribution is 2.23. The van der Waals surface area contributed by atoms with Gasteiger partial charge in [-0.15, -0.1) is 0 Å². The Morgan fingerprint density at radius 1 is 0.800 bits per heavy atom. The number of benzene rings is 2. The van der Waals surface area contributed by atoms with Gasteiger partial charge >= 0.3 is 0 Å². The van der Waals surface area contributed by atoms with Gasteiger partial charge < -0.3 is 10.6 Å². The average Bonchev–Trinajstić information content (AvgIpc) is 2.66. The molecule has 2 aromatic carbocycles. The van der Waals surface area contributed by atoms with Crippen molar-refractivity contribution < 1.29 is 0 Å². The standard InChI is InChI=1S/C22H30N2S/c1-5-16(3)18-12-14-20(15-13-18)21(6-2)24-22(25)23-17(4)19-10-8-7-9-11-19/h7-17,21H,5-6H2,1-4H3,(H2,23,24,25). The third kappa shape index (κ3) is 5.57. The highest BCUT2D eigenvalue weighted by molar-refractivity contribution is 7.80. The van der Waals surface area contributed by atoms with Gasteiger partial charge in [-0.2, -0.15) is 0 Å². The molecule has 0 heterocycles. The highest BCUT2D eigenvalue weighted by atomic mass is 32.1. The van der Waals surface area contributed by atoms with Crippen molar-refractivity contribution in [3.05, 3.63) is 71.3 Å². The summed E-state index contributed by atoms with van der Waals surface area (Å²) in [5.41, 5.74) is 3.92. The molecule has 0 aliphatic rings. The van der Waals surface area contributed by atoms with Crippen molar-refractivity contribution in [3.8, 4) is 0 Å². The van der Waals surface area contributed by atoms with E-state index in [1.807, 2.05) is 6.07 Å². The maximum absolute atomic E-state index is 5.54. The van der Waals surface area contributed by atoms with Gasteiger partial charge in [0.25, 0.3) is 0 Å². The molecular formula is C22H30N2S. The number of hydrogen-bond acceptors (Lipinski definition) is 1. The summed E-state index contributed by atoms with van der Waals surface area (Å²) >= 11 is 5.54. The fraction of sp³-hybridized carbons (Fsp3) is 0.409. The first-order valence-electron chi connectivity index (χ1n) is 9.26. The molecule has 3 unspecified atom stereocenters. The summed E-state index contributed by atoms with van der Waals surface area (Å²) < 4.78 is 0. The third-order valence-electron chi connectivity index (χ3n) is 4.88. The van der Waals surface area contributed by atoms with Crippen molar-refractivity contribution in [2.45, 2.75) is 58.5 Å². The topological polar surface area (TPSA) is 24.1 Å². The summed E-state index contributed by atoms with van der Waals surface area (Å²) in [6, 6.07) is 19.7. The Labute approximate surface area is 158 Å². The highest BCUT2D eigenvalue weighted by Gasteiger charge is 2.13. The van der Waals surface area contributed by atoms with Gasteiger partial charge in [-0.3, -0.25) is 0 Å². The fourth-order valence-electron chi connectivity index (χ4n) is 2.94. The van der Waals surface area contributed by atoms with Crippen LogP contribution in [0.5, 0.6) is 0 Å². The molecule has 2 nitrogen and oxygen atoms in total. The molecule has 3 heteroatoms. The summed E-state index contributed by atoms with van der Waals surface area (Å²) in [7, 11) is 0. The van der Waals surface area contributed by atoms with Crippen LogP contribution in [0.2, 0.25) is 0 Å². The van der Waals surface area contributed by atoms with Gasteiger partial charge in [-0.1, -0.05) is 75.4 Å². The summed E-state index contributed by atoms with van der Waals surface area (Å²) in [6.07, 6.45) is 2.16. The second-order valence-corrected chi connectivity index (χ2v) is 7.10. The van der Waals surface area contributed by atoms with E-state index in [0.29, 0.717) is 11.0 Å². The molecule has 2 N–H and O–H groups in total. The van der Waals surface area contributed by atoms with Crippen molar-refractivity contribution in [1.29, 1.82) is 0 Å². The Kier molecular flexibility index (Phi) is 7.45. The van der Waals surface area contributed by atoms with Crippen molar-refractivity contribution in [1.82, 2.24) is 10.6 Å². The Bertz CT molecular complexity index is 651. The van der Waals surface area contributed by atoms with Crippen LogP contribution in [0, 0.1) is 0 Å². The summed E-state index contributed by atoms with van der Waals surface area (Å²) in [6.45, 7) is 8.82. The second-order valence-electron chi connectivity index (χ2n) is 6.69. The Morgan fingerprint density at radius 3 is 1.96 bits per heavy atom. The first kappa shape index (κ1) is 19.5. The normalized spacial score (nSPS) is 14.4. The molecule has 0 saturated carbocycles. The molecular weight excluding hydrogens is 324 g/mol. The fourth-order valence-corrected chi connectivity index (χ4v) is 3.25. The van der Waals surface area contributed by atoms with Gasteiger partial charge in [-0.05, 0) is 54.6 Å². The van der Waals surface area contributed by atoms with Gasteiger partial charge in [0.05, 0.1) is 12.1 Å². The van der Waals surface area contributed by atoms with Gasteiger partial charge in [0.1, 0.15) is 0 Å². The van der Waals surface area contributed by atoms with E-state index in [1.165, 1.54) is 23.1 Å². The summed E-state index contributed by atoms with van der Waals surface area (Å²) in [5, 5.41) is 7.56. The zero-order valence-corrected chi connectivity index (χ0v) is 16.6. The maximum atomic E-state index is 5.54. The predicted molar refractivity (Wildman–Crippen MR) is 112 cm³/mol. The molecule has 0 spiro atoms. The van der Waals surface area contributed by atoms with E-state index in [1.54, 1.807) is 0 Å². The SMILES string of the molecule is CCC(C)c1ccc(C(CC)NC(=S)NC(C)c2ccccc2)cc1. The van der Waals surface area contributed by atoms with Gasteiger partial charge in [-0.25, -0.2) is 0 Å². The quantitative estimate of drug-likeness (QED) is 0.607. The van der Waals surface area contributed by atoms with Crippen molar-refractivity contribution in [3.63, 3.8) is 0 Å². The van der Waals surface area contributed by atoms with E-state index >= 15 is 0 Å². The molecule has 2 aromatic rings. The lowest BCUT2D eigenvalue weighted by atomic mass is 9.95. The van der Waals surface area contributed by atoms with Crippen LogP contribution in [0.3, 0.4) is 0 Å². The van der Waals surface area contributed by atoms with Crippen LogP contribution in [-0.2, 0) is 0 Å². The minimum absolute atomic E-state index is 0.187. The minimum atomic E-state index is 0.187. The largest absolute Gasteiger partial charge is 0.356 e. The second kappa shape index (κ2) is 9.57. The molecule has 25 heavy (non-hydrogen) atoms. The van der Waals surface area contributed by atoms with Crippen LogP contribution < -0.4 is 10.6 Å². The van der Waals surface area contributed by atoms with Crippen LogP contribution >= 0.6 is 12.2 Å². The lowest BCUT2D eigenvalue weighted by molar-refractivity contribution is 0.600. The number of rotatable bonds is 7. The van der Waals surface area contributed by atoms with E-state index in [9.17, 15) is 0 Å². The van der Waals surface area contributed by atoms with Crippen LogP contribution in [0.25, 0.3) is 0 Å². The van der Waals surface area contributed by atoms with Gasteiger partial charge in [0.2, 0.25) is 0 Å². The molecule has 3 atom stereocenters. The van der Waals surface area contributed by atoms with E-state index in [2.05, 4.69) is 86.9 Å². The van der Waals surface area contributed by atoms with Crippen molar-refractivity contribution >= 4 is 17.3 Å². The van der Waals surface area contributed by atoms with E-state index in [4.69, 9.17) is 12.2 Å². The summed E-state index contributed by atoms with van der Waals surface area (Å²) in [5.74, 6) is 0.608. The van der Waals surface area contributed by atoms with Crippen LogP contribution in [0.4, 0.5) is 0 Å².